The lowest BCUT2D eigenvalue weighted by Gasteiger charge is -2.13. The quantitative estimate of drug-likeness (QED) is 0.234. The van der Waals surface area contributed by atoms with Crippen molar-refractivity contribution in [3.8, 4) is 5.75 Å². The molecule has 1 saturated carbocycles. The number of carbonyl (C=O) groups is 2. The lowest BCUT2D eigenvalue weighted by Crippen LogP contribution is -2.20. The van der Waals surface area contributed by atoms with Crippen molar-refractivity contribution >= 4 is 40.5 Å². The van der Waals surface area contributed by atoms with Crippen molar-refractivity contribution in [2.75, 3.05) is 12.4 Å². The Kier molecular flexibility index (Phi) is 8.12. The van der Waals surface area contributed by atoms with Gasteiger partial charge in [-0.15, -0.1) is 0 Å². The molecule has 0 bridgehead atoms. The minimum atomic E-state index is -0.408. The number of nitrogens with one attached hydrogen (secondary N) is 2. The Morgan fingerprint density at radius 2 is 1.82 bits per heavy atom. The molecular weight excluding hydrogens is 510 g/mol. The first-order valence-corrected chi connectivity index (χ1v) is 14.0. The van der Waals surface area contributed by atoms with E-state index >= 15 is 0 Å². The predicted octanol–water partition coefficient (Wildman–Crippen LogP) is 7.01. The van der Waals surface area contributed by atoms with Gasteiger partial charge in [0.05, 0.1) is 7.11 Å². The third-order valence-corrected chi connectivity index (χ3v) is 8.14. The molecule has 2 N–H and O–H groups in total. The third-order valence-electron chi connectivity index (χ3n) is 7.17. The Balaban J connectivity index is 1.31. The predicted molar refractivity (Wildman–Crippen MR) is 156 cm³/mol. The number of carbonyl (C=O) groups excluding carboxylic acids is 2. The van der Waals surface area contributed by atoms with Gasteiger partial charge in [-0.05, 0) is 97.6 Å². The highest BCUT2D eigenvalue weighted by Crippen LogP contribution is 2.30. The molecule has 2 amide bonds. The van der Waals surface area contributed by atoms with Gasteiger partial charge in [0, 0.05) is 46.7 Å². The molecule has 0 atom stereocenters. The van der Waals surface area contributed by atoms with E-state index in [1.165, 1.54) is 11.9 Å². The first kappa shape index (κ1) is 26.7. The fraction of sp³-hybridized carbons (Fsp3) is 0.290. The number of hydrogen-bond acceptors (Lipinski definition) is 5. The van der Waals surface area contributed by atoms with Crippen LogP contribution < -0.4 is 14.8 Å². The monoisotopic (exact) mass is 543 g/mol. The summed E-state index contributed by atoms with van der Waals surface area (Å²) >= 11 is 1.31. The Labute approximate surface area is 233 Å². The molecule has 0 radical (unpaired) electrons. The van der Waals surface area contributed by atoms with Gasteiger partial charge in [-0.2, -0.15) is 0 Å². The summed E-state index contributed by atoms with van der Waals surface area (Å²) in [6.45, 7) is 2.01. The zero-order valence-corrected chi connectivity index (χ0v) is 23.3. The van der Waals surface area contributed by atoms with Crippen LogP contribution in [0.25, 0.3) is 10.9 Å². The van der Waals surface area contributed by atoms with Crippen molar-refractivity contribution in [2.24, 2.45) is 7.05 Å². The van der Waals surface area contributed by atoms with Crippen molar-refractivity contribution in [3.63, 3.8) is 0 Å². The molecule has 202 valence electrons. The number of anilines is 1. The Hall–Kier alpha value is -3.91. The molecule has 1 heterocycles. The molecule has 0 unspecified atom stereocenters. The van der Waals surface area contributed by atoms with Gasteiger partial charge in [-0.3, -0.25) is 14.8 Å². The fourth-order valence-corrected chi connectivity index (χ4v) is 5.76. The van der Waals surface area contributed by atoms with E-state index in [0.717, 1.165) is 58.2 Å². The van der Waals surface area contributed by atoms with Crippen LogP contribution in [0.15, 0.2) is 71.8 Å². The molecule has 3 aromatic carbocycles. The summed E-state index contributed by atoms with van der Waals surface area (Å²) in [5.41, 5.74) is 5.45. The largest absolute Gasteiger partial charge is 0.496 e. The maximum absolute atomic E-state index is 12.8. The van der Waals surface area contributed by atoms with E-state index in [1.807, 2.05) is 68.6 Å². The van der Waals surface area contributed by atoms with Gasteiger partial charge in [0.25, 0.3) is 5.91 Å². The molecule has 5 rings (SSSR count). The molecule has 1 aliphatic carbocycles. The van der Waals surface area contributed by atoms with Crippen molar-refractivity contribution in [3.05, 3.63) is 89.1 Å². The van der Waals surface area contributed by atoms with Crippen LogP contribution in [-0.4, -0.2) is 29.8 Å². The molecule has 4 aromatic rings. The second-order valence-electron chi connectivity index (χ2n) is 9.94. The van der Waals surface area contributed by atoms with E-state index in [4.69, 9.17) is 9.47 Å². The van der Waals surface area contributed by atoms with E-state index in [9.17, 15) is 9.59 Å². The van der Waals surface area contributed by atoms with E-state index < -0.39 is 6.09 Å². The highest BCUT2D eigenvalue weighted by atomic mass is 32.2. The fourth-order valence-electron chi connectivity index (χ4n) is 5.07. The smallest absolute Gasteiger partial charge is 0.411 e. The standard InChI is InChI=1S/C31H33N3O4S/c1-20-8-4-7-11-29(20)39-33-30(35)22-13-12-21(28(17-22)37-3)16-23-19-34(2)27-15-14-24(18-26(23)27)32-31(36)38-25-9-5-6-10-25/h4,7-8,11-15,17-19,25H,5-6,9-10,16H2,1-3H3,(H,32,36)(H,33,35). The molecule has 7 nitrogen and oxygen atoms in total. The van der Waals surface area contributed by atoms with Gasteiger partial charge in [0.1, 0.15) is 11.9 Å². The van der Waals surface area contributed by atoms with E-state index in [-0.39, 0.29) is 12.0 Å². The van der Waals surface area contributed by atoms with Gasteiger partial charge < -0.3 is 14.0 Å². The van der Waals surface area contributed by atoms with Crippen LogP contribution in [0.5, 0.6) is 5.75 Å². The van der Waals surface area contributed by atoms with E-state index in [1.54, 1.807) is 13.2 Å². The van der Waals surface area contributed by atoms with Crippen LogP contribution >= 0.6 is 11.9 Å². The van der Waals surface area contributed by atoms with Crippen LogP contribution in [-0.2, 0) is 18.2 Å². The zero-order valence-electron chi connectivity index (χ0n) is 22.5. The second-order valence-corrected chi connectivity index (χ2v) is 10.8. The number of aryl methyl sites for hydroxylation is 2. The number of aromatic nitrogens is 1. The summed E-state index contributed by atoms with van der Waals surface area (Å²) in [4.78, 5) is 26.3. The van der Waals surface area contributed by atoms with Crippen molar-refractivity contribution < 1.29 is 19.1 Å². The maximum atomic E-state index is 12.8. The second kappa shape index (κ2) is 11.9. The van der Waals surface area contributed by atoms with Crippen LogP contribution in [0.2, 0.25) is 0 Å². The number of ether oxygens (including phenoxy) is 2. The van der Waals surface area contributed by atoms with Crippen molar-refractivity contribution in [1.29, 1.82) is 0 Å². The maximum Gasteiger partial charge on any atom is 0.411 e. The topological polar surface area (TPSA) is 81.6 Å². The van der Waals surface area contributed by atoms with Gasteiger partial charge in [0.2, 0.25) is 0 Å². The molecule has 39 heavy (non-hydrogen) atoms. The minimum Gasteiger partial charge on any atom is -0.496 e. The molecule has 1 aliphatic rings. The summed E-state index contributed by atoms with van der Waals surface area (Å²) in [6, 6.07) is 19.3. The minimum absolute atomic E-state index is 0.0135. The van der Waals surface area contributed by atoms with E-state index in [2.05, 4.69) is 20.8 Å². The first-order valence-electron chi connectivity index (χ1n) is 13.2. The van der Waals surface area contributed by atoms with Gasteiger partial charge in [-0.1, -0.05) is 24.3 Å². The molecule has 8 heteroatoms. The van der Waals surface area contributed by atoms with E-state index in [0.29, 0.717) is 23.4 Å². The molecule has 0 aliphatic heterocycles. The molecule has 1 fully saturated rings. The molecule has 0 spiro atoms. The third kappa shape index (κ3) is 6.23. The zero-order chi connectivity index (χ0) is 27.4. The summed E-state index contributed by atoms with van der Waals surface area (Å²) in [6.07, 6.45) is 6.39. The number of rotatable bonds is 8. The summed E-state index contributed by atoms with van der Waals surface area (Å²) in [5.74, 6) is 0.466. The average Bonchev–Trinajstić information content (AvgIpc) is 3.55. The van der Waals surface area contributed by atoms with Gasteiger partial charge in [0.15, 0.2) is 0 Å². The van der Waals surface area contributed by atoms with Crippen LogP contribution in [0, 0.1) is 6.92 Å². The lowest BCUT2D eigenvalue weighted by molar-refractivity contribution is 0.0983. The van der Waals surface area contributed by atoms with Crippen LogP contribution in [0.4, 0.5) is 10.5 Å². The normalized spacial score (nSPS) is 13.4. The highest BCUT2D eigenvalue weighted by molar-refractivity contribution is 7.98. The van der Waals surface area contributed by atoms with Crippen LogP contribution in [0.3, 0.4) is 0 Å². The van der Waals surface area contributed by atoms with Gasteiger partial charge >= 0.3 is 6.09 Å². The summed E-state index contributed by atoms with van der Waals surface area (Å²) in [5, 5.41) is 3.93. The van der Waals surface area contributed by atoms with Gasteiger partial charge in [-0.25, -0.2) is 4.79 Å². The Morgan fingerprint density at radius 3 is 2.59 bits per heavy atom. The molecule has 0 saturated heterocycles. The van der Waals surface area contributed by atoms with Crippen molar-refractivity contribution in [2.45, 2.75) is 50.0 Å². The summed E-state index contributed by atoms with van der Waals surface area (Å²) < 4.78 is 16.2. The SMILES string of the molecule is COc1cc(C(=O)NSc2ccccc2C)ccc1Cc1cn(C)c2ccc(NC(=O)OC3CCCC3)cc12. The Bertz CT molecular complexity index is 1510. The van der Waals surface area contributed by atoms with Crippen molar-refractivity contribution in [1.82, 2.24) is 9.29 Å². The number of amides is 2. The first-order chi connectivity index (χ1) is 18.9. The number of methoxy groups -OCH3 is 1. The number of hydrogen-bond donors (Lipinski definition) is 2. The number of nitrogens with zero attached hydrogens (tertiary/aromatic N) is 1. The summed E-state index contributed by atoms with van der Waals surface area (Å²) in [7, 11) is 3.62. The lowest BCUT2D eigenvalue weighted by atomic mass is 10.0. The Morgan fingerprint density at radius 1 is 1.03 bits per heavy atom. The average molecular weight is 544 g/mol. The number of fused-ring (bicyclic) bond motifs is 1. The molecular formula is C31H33N3O4S. The molecule has 1 aromatic heterocycles. The number of benzene rings is 3. The van der Waals surface area contributed by atoms with Crippen LogP contribution in [0.1, 0.15) is 52.7 Å². The highest BCUT2D eigenvalue weighted by Gasteiger charge is 2.20.